The van der Waals surface area contributed by atoms with Crippen molar-refractivity contribution in [1.29, 1.82) is 0 Å². The summed E-state index contributed by atoms with van der Waals surface area (Å²) in [6.45, 7) is 1.70. The standard InChI is InChI=1S/C29H31FN6O3S/c1-18-16-20(26(36-40(37)38)19-6-3-2-4-7-19)17-24(30)27(18)39-28-23(8-5-14-32-28)25-13-15-33-29(35-25)34-22-11-9-21(31)10-12-22/h2-8,13-17,21-22,26,36H,9-12,31H2,1H3,(H,37,38)(H,33,34,35)/p-1. The molecule has 1 aliphatic rings. The first-order valence-corrected chi connectivity index (χ1v) is 14.1. The van der Waals surface area contributed by atoms with Crippen molar-refractivity contribution in [2.45, 2.75) is 50.7 Å². The SMILES string of the molecule is Cc1cc(C(NS(=O)[O-])c2ccccc2)cc(F)c1Oc1ncccc1-c1ccnc(NC2CCC(N)CC2)n1. The van der Waals surface area contributed by atoms with Gasteiger partial charge in [0.1, 0.15) is 0 Å². The van der Waals surface area contributed by atoms with Crippen molar-refractivity contribution in [3.63, 3.8) is 0 Å². The molecule has 1 fully saturated rings. The Balaban J connectivity index is 1.41. The minimum Gasteiger partial charge on any atom is -0.760 e. The summed E-state index contributed by atoms with van der Waals surface area (Å²) in [5.41, 5.74) is 8.77. The predicted molar refractivity (Wildman–Crippen MR) is 151 cm³/mol. The molecule has 40 heavy (non-hydrogen) atoms. The fraction of sp³-hybridized carbons (Fsp3) is 0.276. The van der Waals surface area contributed by atoms with Crippen molar-refractivity contribution in [2.24, 2.45) is 5.73 Å². The van der Waals surface area contributed by atoms with Crippen LogP contribution in [0.15, 0.2) is 73.1 Å². The lowest BCUT2D eigenvalue weighted by molar-refractivity contribution is 0.410. The highest BCUT2D eigenvalue weighted by molar-refractivity contribution is 7.77. The zero-order valence-electron chi connectivity index (χ0n) is 21.9. The van der Waals surface area contributed by atoms with E-state index in [9.17, 15) is 8.76 Å². The van der Waals surface area contributed by atoms with E-state index in [0.29, 0.717) is 33.9 Å². The largest absolute Gasteiger partial charge is 0.760 e. The van der Waals surface area contributed by atoms with E-state index in [1.54, 1.807) is 67.8 Å². The first-order chi connectivity index (χ1) is 19.4. The molecule has 0 saturated heterocycles. The number of nitrogens with two attached hydrogens (primary N) is 1. The summed E-state index contributed by atoms with van der Waals surface area (Å²) in [6.07, 6.45) is 7.04. The number of hydrogen-bond acceptors (Lipinski definition) is 8. The summed E-state index contributed by atoms with van der Waals surface area (Å²) in [5.74, 6) is 0.0231. The van der Waals surface area contributed by atoms with Gasteiger partial charge in [0, 0.05) is 35.7 Å². The molecule has 0 spiro atoms. The topological polar surface area (TPSA) is 138 Å². The number of nitrogens with one attached hydrogen (secondary N) is 2. The molecule has 9 nitrogen and oxygen atoms in total. The molecule has 2 aromatic heterocycles. The van der Waals surface area contributed by atoms with Gasteiger partial charge in [-0.25, -0.2) is 24.1 Å². The lowest BCUT2D eigenvalue weighted by Gasteiger charge is -2.26. The number of ether oxygens (including phenoxy) is 1. The highest BCUT2D eigenvalue weighted by Gasteiger charge is 2.22. The third kappa shape index (κ3) is 6.68. The first-order valence-electron chi connectivity index (χ1n) is 13.1. The summed E-state index contributed by atoms with van der Waals surface area (Å²) in [7, 11) is 0. The Morgan fingerprint density at radius 1 is 1.02 bits per heavy atom. The summed E-state index contributed by atoms with van der Waals surface area (Å²) >= 11 is -2.56. The summed E-state index contributed by atoms with van der Waals surface area (Å²) in [4.78, 5) is 13.4. The normalized spacial score (nSPS) is 18.6. The maximum atomic E-state index is 15.5. The van der Waals surface area contributed by atoms with Gasteiger partial charge in [-0.2, -0.15) is 0 Å². The second-order valence-electron chi connectivity index (χ2n) is 9.82. The molecular formula is C29H30FN6O3S-. The Labute approximate surface area is 234 Å². The lowest BCUT2D eigenvalue weighted by atomic mass is 9.92. The van der Waals surface area contributed by atoms with Gasteiger partial charge in [0.05, 0.1) is 17.3 Å². The molecule has 0 amide bonds. The molecule has 5 rings (SSSR count). The van der Waals surface area contributed by atoms with Crippen molar-refractivity contribution in [2.75, 3.05) is 5.32 Å². The van der Waals surface area contributed by atoms with Crippen LogP contribution >= 0.6 is 0 Å². The smallest absolute Gasteiger partial charge is 0.228 e. The van der Waals surface area contributed by atoms with Crippen molar-refractivity contribution in [3.8, 4) is 22.9 Å². The van der Waals surface area contributed by atoms with Gasteiger partial charge in [-0.3, -0.25) is 4.21 Å². The van der Waals surface area contributed by atoms with Gasteiger partial charge in [-0.15, -0.1) is 0 Å². The summed E-state index contributed by atoms with van der Waals surface area (Å²) < 4.78 is 47.0. The maximum absolute atomic E-state index is 15.5. The van der Waals surface area contributed by atoms with Gasteiger partial charge in [0.15, 0.2) is 11.6 Å². The van der Waals surface area contributed by atoms with Gasteiger partial charge in [0.25, 0.3) is 0 Å². The number of halogens is 1. The molecule has 2 aromatic carbocycles. The van der Waals surface area contributed by atoms with Crippen molar-refractivity contribution >= 4 is 17.2 Å². The van der Waals surface area contributed by atoms with Crippen LogP contribution in [0, 0.1) is 12.7 Å². The van der Waals surface area contributed by atoms with Crippen molar-refractivity contribution < 1.29 is 17.9 Å². The Morgan fingerprint density at radius 3 is 2.52 bits per heavy atom. The van der Waals surface area contributed by atoms with Gasteiger partial charge < -0.3 is 20.3 Å². The van der Waals surface area contributed by atoms with Crippen LogP contribution in [0.4, 0.5) is 10.3 Å². The number of hydrogen-bond donors (Lipinski definition) is 3. The molecule has 2 unspecified atom stereocenters. The molecule has 2 atom stereocenters. The Bertz CT molecular complexity index is 1460. The number of rotatable bonds is 9. The quantitative estimate of drug-likeness (QED) is 0.245. The van der Waals surface area contributed by atoms with E-state index in [1.165, 1.54) is 6.07 Å². The second-order valence-corrected chi connectivity index (χ2v) is 10.5. The van der Waals surface area contributed by atoms with Crippen LogP contribution in [-0.4, -0.2) is 35.8 Å². The fourth-order valence-electron chi connectivity index (χ4n) is 4.91. The van der Waals surface area contributed by atoms with Crippen LogP contribution in [0.5, 0.6) is 11.6 Å². The molecule has 2 heterocycles. The molecular weight excluding hydrogens is 531 g/mol. The molecule has 11 heteroatoms. The number of anilines is 1. The minimum absolute atomic E-state index is 0.00953. The highest BCUT2D eigenvalue weighted by atomic mass is 32.2. The number of nitrogens with zero attached hydrogens (tertiary/aromatic N) is 3. The third-order valence-electron chi connectivity index (χ3n) is 6.94. The van der Waals surface area contributed by atoms with Crippen molar-refractivity contribution in [3.05, 3.63) is 95.6 Å². The average Bonchev–Trinajstić information content (AvgIpc) is 2.95. The predicted octanol–water partition coefficient (Wildman–Crippen LogP) is 4.93. The van der Waals surface area contributed by atoms with Crippen LogP contribution in [0.25, 0.3) is 11.3 Å². The first kappa shape index (κ1) is 27.8. The Morgan fingerprint density at radius 2 is 1.80 bits per heavy atom. The third-order valence-corrected chi connectivity index (χ3v) is 7.37. The van der Waals surface area contributed by atoms with Crippen LogP contribution < -0.4 is 20.5 Å². The van der Waals surface area contributed by atoms with Gasteiger partial charge in [-0.05, 0) is 73.6 Å². The van der Waals surface area contributed by atoms with Gasteiger partial charge in [-0.1, -0.05) is 36.4 Å². The molecule has 0 radical (unpaired) electrons. The highest BCUT2D eigenvalue weighted by Crippen LogP contribution is 2.36. The van der Waals surface area contributed by atoms with E-state index < -0.39 is 23.1 Å². The summed E-state index contributed by atoms with van der Waals surface area (Å²) in [6, 6.07) is 17.0. The van der Waals surface area contributed by atoms with E-state index in [4.69, 9.17) is 10.5 Å². The molecule has 4 N–H and O–H groups in total. The van der Waals surface area contributed by atoms with E-state index in [-0.39, 0.29) is 23.7 Å². The van der Waals surface area contributed by atoms with E-state index >= 15 is 4.39 Å². The van der Waals surface area contributed by atoms with Crippen LogP contribution in [0.1, 0.15) is 48.4 Å². The number of pyridine rings is 1. The number of aromatic nitrogens is 3. The lowest BCUT2D eigenvalue weighted by Crippen LogP contribution is -2.33. The maximum Gasteiger partial charge on any atom is 0.228 e. The monoisotopic (exact) mass is 561 g/mol. The zero-order valence-corrected chi connectivity index (χ0v) is 22.7. The fourth-order valence-corrected chi connectivity index (χ4v) is 5.38. The van der Waals surface area contributed by atoms with Gasteiger partial charge >= 0.3 is 0 Å². The van der Waals surface area contributed by atoms with E-state index in [1.807, 2.05) is 6.07 Å². The molecule has 4 aromatic rings. The second kappa shape index (κ2) is 12.6. The molecule has 208 valence electrons. The van der Waals surface area contributed by atoms with E-state index in [2.05, 4.69) is 25.0 Å². The molecule has 0 aliphatic heterocycles. The number of aryl methyl sites for hydroxylation is 1. The average molecular weight is 562 g/mol. The Hall–Kier alpha value is -3.77. The van der Waals surface area contributed by atoms with E-state index in [0.717, 1.165) is 25.7 Å². The van der Waals surface area contributed by atoms with Crippen LogP contribution in [0.2, 0.25) is 0 Å². The number of benzene rings is 2. The molecule has 1 saturated carbocycles. The van der Waals surface area contributed by atoms with Crippen LogP contribution in [0.3, 0.4) is 0 Å². The van der Waals surface area contributed by atoms with Crippen LogP contribution in [-0.2, 0) is 11.3 Å². The minimum atomic E-state index is -2.56. The Kier molecular flexibility index (Phi) is 8.75. The molecule has 0 bridgehead atoms. The van der Waals surface area contributed by atoms with Crippen molar-refractivity contribution in [1.82, 2.24) is 19.7 Å². The zero-order chi connectivity index (χ0) is 28.1. The summed E-state index contributed by atoms with van der Waals surface area (Å²) in [5, 5.41) is 3.39. The molecule has 1 aliphatic carbocycles. The van der Waals surface area contributed by atoms with Gasteiger partial charge in [0.2, 0.25) is 11.8 Å².